The highest BCUT2D eigenvalue weighted by atomic mass is 35.5. The van der Waals surface area contributed by atoms with Crippen LogP contribution in [0.3, 0.4) is 0 Å². The summed E-state index contributed by atoms with van der Waals surface area (Å²) < 4.78 is 4.93. The van der Waals surface area contributed by atoms with Gasteiger partial charge >= 0.3 is 0 Å². The second-order valence-electron chi connectivity index (χ2n) is 1.83. The van der Waals surface area contributed by atoms with Crippen molar-refractivity contribution in [2.24, 2.45) is 10.9 Å². The molecule has 3 nitrogen and oxygen atoms in total. The number of hydrazone groups is 1. The third-order valence-electron chi connectivity index (χ3n) is 1.06. The number of benzene rings is 1. The molecule has 11 heavy (non-hydrogen) atoms. The van der Waals surface area contributed by atoms with E-state index in [0.29, 0.717) is 10.8 Å². The van der Waals surface area contributed by atoms with Gasteiger partial charge in [-0.3, -0.25) is 0 Å². The number of rotatable bonds is 2. The van der Waals surface area contributed by atoms with Crippen molar-refractivity contribution in [1.29, 1.82) is 0 Å². The topological polar surface area (TPSA) is 47.6 Å². The highest BCUT2D eigenvalue weighted by Gasteiger charge is 1.89. The van der Waals surface area contributed by atoms with Gasteiger partial charge in [0.1, 0.15) is 5.75 Å². The summed E-state index contributed by atoms with van der Waals surface area (Å²) in [4.78, 5) is 0. The van der Waals surface area contributed by atoms with Crippen molar-refractivity contribution < 1.29 is 4.74 Å². The summed E-state index contributed by atoms with van der Waals surface area (Å²) in [5.74, 6) is 5.48. The van der Waals surface area contributed by atoms with E-state index in [1.807, 2.05) is 0 Å². The van der Waals surface area contributed by atoms with E-state index in [1.54, 1.807) is 24.3 Å². The molecule has 0 saturated carbocycles. The fourth-order valence-electron chi connectivity index (χ4n) is 0.604. The van der Waals surface area contributed by atoms with Gasteiger partial charge in [-0.1, -0.05) is 11.6 Å². The molecule has 0 fully saturated rings. The Morgan fingerprint density at radius 3 is 2.55 bits per heavy atom. The lowest BCUT2D eigenvalue weighted by atomic mass is 10.3. The zero-order chi connectivity index (χ0) is 8.10. The van der Waals surface area contributed by atoms with Gasteiger partial charge in [0.15, 0.2) is 6.40 Å². The summed E-state index contributed by atoms with van der Waals surface area (Å²) in [5, 5.41) is 3.84. The molecule has 0 aliphatic rings. The second-order valence-corrected chi connectivity index (χ2v) is 2.26. The summed E-state index contributed by atoms with van der Waals surface area (Å²) in [5.41, 5.74) is 0. The Labute approximate surface area is 69.4 Å². The first kappa shape index (κ1) is 7.88. The maximum Gasteiger partial charge on any atom is 0.198 e. The summed E-state index contributed by atoms with van der Waals surface area (Å²) in [6.45, 7) is 0. The van der Waals surface area contributed by atoms with E-state index in [-0.39, 0.29) is 0 Å². The Hall–Kier alpha value is -1.22. The quantitative estimate of drug-likeness (QED) is 0.317. The average molecular weight is 171 g/mol. The largest absolute Gasteiger partial charge is 0.444 e. The standard InChI is InChI=1S/C7H7ClN2O/c8-6-1-3-7(4-2-6)11-5-10-9/h1-5H,9H2. The molecule has 1 aromatic carbocycles. The van der Waals surface area contributed by atoms with Gasteiger partial charge in [-0.05, 0) is 24.3 Å². The van der Waals surface area contributed by atoms with Gasteiger partial charge in [0.2, 0.25) is 0 Å². The summed E-state index contributed by atoms with van der Waals surface area (Å²) in [7, 11) is 0. The normalized spacial score (nSPS) is 10.3. The predicted molar refractivity (Wildman–Crippen MR) is 44.8 cm³/mol. The fourth-order valence-corrected chi connectivity index (χ4v) is 0.730. The number of hydrogen-bond acceptors (Lipinski definition) is 3. The fraction of sp³-hybridized carbons (Fsp3) is 0. The first-order valence-corrected chi connectivity index (χ1v) is 3.34. The molecule has 0 spiro atoms. The Bertz CT molecular complexity index is 245. The third kappa shape index (κ3) is 2.47. The maximum atomic E-state index is 5.63. The highest BCUT2D eigenvalue weighted by molar-refractivity contribution is 6.30. The van der Waals surface area contributed by atoms with Crippen LogP contribution < -0.4 is 10.6 Å². The molecule has 58 valence electrons. The van der Waals surface area contributed by atoms with Gasteiger partial charge in [0.25, 0.3) is 0 Å². The molecule has 0 radical (unpaired) electrons. The number of nitrogens with two attached hydrogens (primary N) is 1. The van der Waals surface area contributed by atoms with Crippen molar-refractivity contribution in [2.75, 3.05) is 0 Å². The monoisotopic (exact) mass is 170 g/mol. The first-order valence-electron chi connectivity index (χ1n) is 2.97. The minimum atomic E-state index is 0.656. The van der Waals surface area contributed by atoms with Crippen LogP contribution in [0.5, 0.6) is 5.75 Å². The summed E-state index contributed by atoms with van der Waals surface area (Å²) in [6, 6.07) is 6.90. The Morgan fingerprint density at radius 2 is 2.00 bits per heavy atom. The lowest BCUT2D eigenvalue weighted by Crippen LogP contribution is -1.92. The molecule has 0 saturated heterocycles. The van der Waals surface area contributed by atoms with Crippen LogP contribution in [0.25, 0.3) is 0 Å². The SMILES string of the molecule is NN=COc1ccc(Cl)cc1. The maximum absolute atomic E-state index is 5.63. The molecule has 4 heteroatoms. The van der Waals surface area contributed by atoms with Gasteiger partial charge in [-0.15, -0.1) is 0 Å². The van der Waals surface area contributed by atoms with Gasteiger partial charge in [-0.2, -0.15) is 5.10 Å². The molecule has 1 rings (SSSR count). The molecule has 0 amide bonds. The molecule has 1 aromatic rings. The van der Waals surface area contributed by atoms with Gasteiger partial charge in [0, 0.05) is 5.02 Å². The summed E-state index contributed by atoms with van der Waals surface area (Å²) >= 11 is 5.63. The molecular formula is C7H7ClN2O. The van der Waals surface area contributed by atoms with Gasteiger partial charge < -0.3 is 10.6 Å². The van der Waals surface area contributed by atoms with E-state index in [4.69, 9.17) is 22.2 Å². The highest BCUT2D eigenvalue weighted by Crippen LogP contribution is 2.14. The number of ether oxygens (including phenoxy) is 1. The van der Waals surface area contributed by atoms with Crippen molar-refractivity contribution in [1.82, 2.24) is 0 Å². The van der Waals surface area contributed by atoms with E-state index in [1.165, 1.54) is 0 Å². The number of halogens is 1. The average Bonchev–Trinajstić information content (AvgIpc) is 2.04. The van der Waals surface area contributed by atoms with E-state index in [2.05, 4.69) is 5.10 Å². The zero-order valence-corrected chi connectivity index (χ0v) is 6.45. The second kappa shape index (κ2) is 3.83. The first-order chi connectivity index (χ1) is 5.33. The molecule has 0 aliphatic carbocycles. The van der Waals surface area contributed by atoms with Gasteiger partial charge in [0.05, 0.1) is 0 Å². The minimum absolute atomic E-state index is 0.656. The lowest BCUT2D eigenvalue weighted by Gasteiger charge is -1.96. The van der Waals surface area contributed by atoms with E-state index >= 15 is 0 Å². The van der Waals surface area contributed by atoms with Crippen LogP contribution in [0, 0.1) is 0 Å². The van der Waals surface area contributed by atoms with E-state index < -0.39 is 0 Å². The van der Waals surface area contributed by atoms with Crippen LogP contribution in [-0.2, 0) is 0 Å². The van der Waals surface area contributed by atoms with Gasteiger partial charge in [-0.25, -0.2) is 0 Å². The van der Waals surface area contributed by atoms with Crippen LogP contribution >= 0.6 is 11.6 Å². The molecule has 2 N–H and O–H groups in total. The third-order valence-corrected chi connectivity index (χ3v) is 1.32. The van der Waals surface area contributed by atoms with Crippen molar-refractivity contribution in [3.8, 4) is 5.75 Å². The molecule has 0 aliphatic heterocycles. The van der Waals surface area contributed by atoms with Crippen LogP contribution in [0.2, 0.25) is 5.02 Å². The zero-order valence-electron chi connectivity index (χ0n) is 5.70. The van der Waals surface area contributed by atoms with E-state index in [9.17, 15) is 0 Å². The van der Waals surface area contributed by atoms with Crippen molar-refractivity contribution >= 4 is 18.0 Å². The Kier molecular flexibility index (Phi) is 2.74. The predicted octanol–water partition coefficient (Wildman–Crippen LogP) is 1.62. The van der Waals surface area contributed by atoms with Crippen LogP contribution in [0.4, 0.5) is 0 Å². The molecule has 0 aromatic heterocycles. The van der Waals surface area contributed by atoms with Crippen LogP contribution in [0.1, 0.15) is 0 Å². The van der Waals surface area contributed by atoms with Crippen LogP contribution in [-0.4, -0.2) is 6.40 Å². The summed E-state index contributed by atoms with van der Waals surface area (Å²) in [6.07, 6.45) is 1.16. The molecule has 0 unspecified atom stereocenters. The Balaban J connectivity index is 2.66. The van der Waals surface area contributed by atoms with Crippen LogP contribution in [0.15, 0.2) is 29.4 Å². The van der Waals surface area contributed by atoms with Crippen molar-refractivity contribution in [2.45, 2.75) is 0 Å². The van der Waals surface area contributed by atoms with Crippen molar-refractivity contribution in [3.63, 3.8) is 0 Å². The smallest absolute Gasteiger partial charge is 0.198 e. The molecule has 0 atom stereocenters. The number of nitrogens with zero attached hydrogens (tertiary/aromatic N) is 1. The minimum Gasteiger partial charge on any atom is -0.444 e. The molecule has 0 bridgehead atoms. The molecule has 0 heterocycles. The van der Waals surface area contributed by atoms with E-state index in [0.717, 1.165) is 6.40 Å². The van der Waals surface area contributed by atoms with Crippen molar-refractivity contribution in [3.05, 3.63) is 29.3 Å². The lowest BCUT2D eigenvalue weighted by molar-refractivity contribution is 0.571. The number of hydrogen-bond donors (Lipinski definition) is 1. The molecular weight excluding hydrogens is 164 g/mol. The Morgan fingerprint density at radius 1 is 1.36 bits per heavy atom.